The molecule has 2 aliphatic rings. The minimum absolute atomic E-state index is 0.0276. The Labute approximate surface area is 230 Å². The maximum atomic E-state index is 11.8. The van der Waals surface area contributed by atoms with E-state index in [1.54, 1.807) is 36.4 Å². The second-order valence-corrected chi connectivity index (χ2v) is 13.6. The van der Waals surface area contributed by atoms with Crippen LogP contribution in [0, 0.1) is 10.8 Å². The van der Waals surface area contributed by atoms with Crippen molar-refractivity contribution in [3.63, 3.8) is 0 Å². The van der Waals surface area contributed by atoms with Gasteiger partial charge in [-0.3, -0.25) is 20.6 Å². The number of fused-ring (bicyclic) bond motifs is 1. The van der Waals surface area contributed by atoms with E-state index in [-0.39, 0.29) is 4.90 Å². The zero-order valence-corrected chi connectivity index (χ0v) is 23.7. The predicted octanol–water partition coefficient (Wildman–Crippen LogP) is -1.04. The van der Waals surface area contributed by atoms with E-state index in [9.17, 15) is 18.3 Å². The van der Waals surface area contributed by atoms with Crippen molar-refractivity contribution in [3.05, 3.63) is 77.9 Å². The fraction of sp³-hybridized carbons (Fsp3) is 0.367. The summed E-state index contributed by atoms with van der Waals surface area (Å²) in [6.45, 7) is 13.1. The van der Waals surface area contributed by atoms with Gasteiger partial charge in [0.25, 0.3) is 11.7 Å². The fourth-order valence-electron chi connectivity index (χ4n) is 4.47. The molecule has 2 heterocycles. The van der Waals surface area contributed by atoms with Gasteiger partial charge in [-0.25, -0.2) is 8.42 Å². The second kappa shape index (κ2) is 11.2. The molecule has 9 heteroatoms. The van der Waals surface area contributed by atoms with Gasteiger partial charge in [-0.15, -0.1) is 0 Å². The Hall–Kier alpha value is -3.72. The molecule has 0 aromatic heterocycles. The molecule has 0 spiro atoms. The third kappa shape index (κ3) is 7.23. The van der Waals surface area contributed by atoms with Crippen LogP contribution in [0.1, 0.15) is 38.8 Å². The van der Waals surface area contributed by atoms with Crippen LogP contribution in [0.4, 0.5) is 0 Å². The number of rotatable bonds is 5. The minimum atomic E-state index is -3.85. The molecule has 39 heavy (non-hydrogen) atoms. The maximum absolute atomic E-state index is 11.8. The first-order chi connectivity index (χ1) is 18.4. The molecular formula is C30H37N4O4S+. The summed E-state index contributed by atoms with van der Waals surface area (Å²) in [5, 5.41) is 18.7. The third-order valence-corrected chi connectivity index (χ3v) is 8.47. The van der Waals surface area contributed by atoms with Crippen LogP contribution in [0.25, 0.3) is 10.8 Å². The standard InChI is InChI=1S/C18H26N4.C12H10O4S/c1-17(2)9-19-15(20-10-17)13-5-7-14(8-6-13)16-21-11-18(3,4)12-22-16;13-12(14)8-17(15,16)11-7-3-5-9-4-1-2-6-10(9)11/h5-8H,9-12H2,1-4H3,(H,19,20)(H,21,22);1-7H,8H2,(H,13,14)/p+1. The van der Waals surface area contributed by atoms with Crippen molar-refractivity contribution < 1.29 is 28.3 Å². The van der Waals surface area contributed by atoms with E-state index in [2.05, 4.69) is 72.6 Å². The summed E-state index contributed by atoms with van der Waals surface area (Å²) in [7, 11) is -3.85. The van der Waals surface area contributed by atoms with Crippen molar-refractivity contribution in [2.24, 2.45) is 10.8 Å². The van der Waals surface area contributed by atoms with Gasteiger partial charge >= 0.3 is 0 Å². The number of benzene rings is 3. The monoisotopic (exact) mass is 549 g/mol. The van der Waals surface area contributed by atoms with E-state index in [0.717, 1.165) is 43.2 Å². The van der Waals surface area contributed by atoms with Crippen LogP contribution < -0.4 is 25.7 Å². The van der Waals surface area contributed by atoms with Crippen LogP contribution in [0.15, 0.2) is 71.6 Å². The molecule has 0 atom stereocenters. The predicted molar refractivity (Wildman–Crippen MR) is 151 cm³/mol. The average Bonchev–Trinajstić information content (AvgIpc) is 2.88. The molecule has 0 unspecified atom stereocenters. The smallest absolute Gasteiger partial charge is 0.274 e. The number of hydrogen-bond acceptors (Lipinski definition) is 6. The Kier molecular flexibility index (Phi) is 8.11. The van der Waals surface area contributed by atoms with Crippen molar-refractivity contribution in [1.82, 2.24) is 10.6 Å². The van der Waals surface area contributed by atoms with Crippen LogP contribution in [0.5, 0.6) is 0 Å². The number of sulfone groups is 1. The van der Waals surface area contributed by atoms with Crippen LogP contribution in [-0.2, 0) is 14.6 Å². The summed E-state index contributed by atoms with van der Waals surface area (Å²) in [5.74, 6) is -0.317. The lowest BCUT2D eigenvalue weighted by Gasteiger charge is -2.24. The van der Waals surface area contributed by atoms with Gasteiger partial charge in [-0.1, -0.05) is 64.1 Å². The van der Waals surface area contributed by atoms with Gasteiger partial charge in [0.2, 0.25) is 0 Å². The highest BCUT2D eigenvalue weighted by Crippen LogP contribution is 2.23. The molecule has 0 saturated heterocycles. The molecule has 0 aliphatic carbocycles. The minimum Gasteiger partial charge on any atom is -0.549 e. The van der Waals surface area contributed by atoms with Crippen LogP contribution >= 0.6 is 0 Å². The van der Waals surface area contributed by atoms with E-state index in [1.807, 2.05) is 0 Å². The maximum Gasteiger partial charge on any atom is 0.274 e. The Morgan fingerprint density at radius 1 is 0.795 bits per heavy atom. The number of nitrogens with one attached hydrogen (secondary N) is 4. The normalized spacial score (nSPS) is 17.9. The third-order valence-electron chi connectivity index (χ3n) is 6.83. The lowest BCUT2D eigenvalue weighted by molar-refractivity contribution is -0.482. The Bertz CT molecular complexity index is 1460. The van der Waals surface area contributed by atoms with Gasteiger partial charge in [-0.05, 0) is 35.7 Å². The first-order valence-electron chi connectivity index (χ1n) is 13.1. The van der Waals surface area contributed by atoms with Gasteiger partial charge in [0.1, 0.15) is 0 Å². The SMILES string of the molecule is CC1(C)CNC(c2ccc(C3=[NH+]CC(C)(C)CN3)cc2)=[NH+]C1.O=C([O-])CS(=O)(=O)c1cccc2ccccc12. The van der Waals surface area contributed by atoms with Gasteiger partial charge in [0.15, 0.2) is 9.84 Å². The van der Waals surface area contributed by atoms with Crippen molar-refractivity contribution in [1.29, 1.82) is 0 Å². The molecular weight excluding hydrogens is 512 g/mol. The van der Waals surface area contributed by atoms with E-state index >= 15 is 0 Å². The van der Waals surface area contributed by atoms with Crippen molar-refractivity contribution in [2.75, 3.05) is 31.9 Å². The average molecular weight is 550 g/mol. The fourth-order valence-corrected chi connectivity index (χ4v) is 5.74. The largest absolute Gasteiger partial charge is 0.549 e. The number of carboxylic acid groups (broad SMARTS) is 1. The van der Waals surface area contributed by atoms with Gasteiger partial charge in [-0.2, -0.15) is 0 Å². The first-order valence-corrected chi connectivity index (χ1v) is 14.7. The molecule has 2 aliphatic heterocycles. The first kappa shape index (κ1) is 28.3. The van der Waals surface area contributed by atoms with Gasteiger partial charge < -0.3 is 9.90 Å². The van der Waals surface area contributed by atoms with Crippen molar-refractivity contribution in [2.45, 2.75) is 32.6 Å². The molecule has 0 saturated carbocycles. The summed E-state index contributed by atoms with van der Waals surface area (Å²) >= 11 is 0. The summed E-state index contributed by atoms with van der Waals surface area (Å²) in [6, 6.07) is 20.4. The van der Waals surface area contributed by atoms with Crippen LogP contribution in [0.3, 0.4) is 0 Å². The Morgan fingerprint density at radius 3 is 1.74 bits per heavy atom. The highest BCUT2D eigenvalue weighted by molar-refractivity contribution is 7.92. The zero-order valence-electron chi connectivity index (χ0n) is 22.9. The van der Waals surface area contributed by atoms with Gasteiger partial charge in [0.05, 0.1) is 53.9 Å². The lowest BCUT2D eigenvalue weighted by atomic mass is 9.91. The van der Waals surface area contributed by atoms with Crippen molar-refractivity contribution >= 4 is 38.3 Å². The molecule has 3 aromatic rings. The Morgan fingerprint density at radius 2 is 1.28 bits per heavy atom. The molecule has 206 valence electrons. The van der Waals surface area contributed by atoms with Crippen LogP contribution in [0.2, 0.25) is 0 Å². The van der Waals surface area contributed by atoms with E-state index < -0.39 is 21.6 Å². The quantitative estimate of drug-likeness (QED) is 0.322. The molecule has 0 amide bonds. The summed E-state index contributed by atoms with van der Waals surface area (Å²) in [4.78, 5) is 17.5. The highest BCUT2D eigenvalue weighted by atomic mass is 32.2. The van der Waals surface area contributed by atoms with E-state index in [0.29, 0.717) is 16.2 Å². The Balaban J connectivity index is 0.000000187. The topological polar surface area (TPSA) is 126 Å². The van der Waals surface area contributed by atoms with Crippen LogP contribution in [-0.4, -0.2) is 58.0 Å². The van der Waals surface area contributed by atoms with Gasteiger partial charge in [0, 0.05) is 16.2 Å². The number of aliphatic carboxylic acids is 1. The molecule has 3 aromatic carbocycles. The molecule has 8 nitrogen and oxygen atoms in total. The lowest BCUT2D eigenvalue weighted by Crippen LogP contribution is -2.83. The summed E-state index contributed by atoms with van der Waals surface area (Å²) < 4.78 is 23.7. The molecule has 0 bridgehead atoms. The zero-order chi connectivity index (χ0) is 28.3. The van der Waals surface area contributed by atoms with E-state index in [1.165, 1.54) is 17.2 Å². The van der Waals surface area contributed by atoms with E-state index in [4.69, 9.17) is 0 Å². The second-order valence-electron chi connectivity index (χ2n) is 11.7. The summed E-state index contributed by atoms with van der Waals surface area (Å²) in [6.07, 6.45) is 0. The number of carbonyl (C=O) groups is 1. The molecule has 0 fully saturated rings. The number of amidine groups is 2. The molecule has 5 rings (SSSR count). The number of hydrogen-bond donors (Lipinski definition) is 4. The highest BCUT2D eigenvalue weighted by Gasteiger charge is 2.29. The number of carbonyl (C=O) groups excluding carboxylic acids is 1. The van der Waals surface area contributed by atoms with Crippen molar-refractivity contribution in [3.8, 4) is 0 Å². The molecule has 4 N–H and O–H groups in total. The molecule has 0 radical (unpaired) electrons. The number of carboxylic acids is 1. The summed E-state index contributed by atoms with van der Waals surface area (Å²) in [5.41, 5.74) is 3.05.